The third-order valence-electron chi connectivity index (χ3n) is 4.40. The summed E-state index contributed by atoms with van der Waals surface area (Å²) < 4.78 is 5.72. The molecule has 1 saturated carbocycles. The van der Waals surface area contributed by atoms with Crippen molar-refractivity contribution >= 4 is 0 Å². The molecule has 100 valence electrons. The fourth-order valence-corrected chi connectivity index (χ4v) is 3.29. The highest BCUT2D eigenvalue weighted by Crippen LogP contribution is 2.41. The molecule has 0 aromatic carbocycles. The highest BCUT2D eigenvalue weighted by molar-refractivity contribution is 4.93. The Morgan fingerprint density at radius 1 is 1.29 bits per heavy atom. The zero-order valence-corrected chi connectivity index (χ0v) is 11.7. The first-order valence-corrected chi connectivity index (χ1v) is 6.85. The number of aliphatic hydroxyl groups excluding tert-OH is 1. The Balaban J connectivity index is 1.90. The molecule has 2 aliphatic rings. The first-order valence-electron chi connectivity index (χ1n) is 6.85. The van der Waals surface area contributed by atoms with Gasteiger partial charge in [0.25, 0.3) is 0 Å². The third-order valence-corrected chi connectivity index (χ3v) is 4.40. The lowest BCUT2D eigenvalue weighted by molar-refractivity contribution is -0.0933. The normalized spacial score (nSPS) is 37.2. The second-order valence-electron chi connectivity index (χ2n) is 7.08. The summed E-state index contributed by atoms with van der Waals surface area (Å²) in [4.78, 5) is 2.46. The molecule has 3 nitrogen and oxygen atoms in total. The molecule has 0 aromatic rings. The lowest BCUT2D eigenvalue weighted by Gasteiger charge is -2.40. The highest BCUT2D eigenvalue weighted by Gasteiger charge is 2.42. The number of rotatable bonds is 2. The molecule has 2 atom stereocenters. The van der Waals surface area contributed by atoms with E-state index in [2.05, 4.69) is 32.6 Å². The molecule has 2 rings (SSSR count). The predicted octanol–water partition coefficient (Wildman–Crippen LogP) is 1.89. The quantitative estimate of drug-likeness (QED) is 0.801. The summed E-state index contributed by atoms with van der Waals surface area (Å²) in [6.07, 6.45) is 2.16. The Hall–Kier alpha value is -0.120. The van der Waals surface area contributed by atoms with Gasteiger partial charge in [-0.2, -0.15) is 0 Å². The molecule has 3 heteroatoms. The Morgan fingerprint density at radius 2 is 2.00 bits per heavy atom. The Morgan fingerprint density at radius 3 is 2.53 bits per heavy atom. The monoisotopic (exact) mass is 241 g/mol. The van der Waals surface area contributed by atoms with E-state index in [1.165, 1.54) is 0 Å². The molecule has 0 spiro atoms. The molecular weight excluding hydrogens is 214 g/mol. The second-order valence-corrected chi connectivity index (χ2v) is 7.08. The van der Waals surface area contributed by atoms with Crippen LogP contribution in [0.1, 0.15) is 40.5 Å². The van der Waals surface area contributed by atoms with Gasteiger partial charge in [0.2, 0.25) is 0 Å². The van der Waals surface area contributed by atoms with Crippen LogP contribution in [-0.4, -0.2) is 48.0 Å². The van der Waals surface area contributed by atoms with Crippen LogP contribution in [0.5, 0.6) is 0 Å². The molecular formula is C14H27NO2. The van der Waals surface area contributed by atoms with Crippen molar-refractivity contribution in [3.63, 3.8) is 0 Å². The number of hydrogen-bond acceptors (Lipinski definition) is 3. The molecule has 1 aliphatic heterocycles. The van der Waals surface area contributed by atoms with E-state index < -0.39 is 0 Å². The van der Waals surface area contributed by atoms with Crippen LogP contribution in [0.15, 0.2) is 0 Å². The molecule has 0 bridgehead atoms. The van der Waals surface area contributed by atoms with Crippen molar-refractivity contribution < 1.29 is 9.84 Å². The van der Waals surface area contributed by atoms with Gasteiger partial charge in [-0.15, -0.1) is 0 Å². The Kier molecular flexibility index (Phi) is 3.54. The largest absolute Gasteiger partial charge is 0.392 e. The number of nitrogens with zero attached hydrogens (tertiary/aromatic N) is 1. The first-order chi connectivity index (χ1) is 7.80. The fraction of sp³-hybridized carbons (Fsp3) is 1.00. The number of aliphatic hydroxyl groups is 1. The average molecular weight is 241 g/mol. The Labute approximate surface area is 105 Å². The van der Waals surface area contributed by atoms with E-state index in [1.807, 2.05) is 0 Å². The van der Waals surface area contributed by atoms with E-state index >= 15 is 0 Å². The van der Waals surface area contributed by atoms with Crippen molar-refractivity contribution in [2.45, 2.75) is 52.2 Å². The van der Waals surface area contributed by atoms with Crippen LogP contribution in [0.4, 0.5) is 0 Å². The molecule has 1 saturated heterocycles. The van der Waals surface area contributed by atoms with Crippen LogP contribution >= 0.6 is 0 Å². The summed E-state index contributed by atoms with van der Waals surface area (Å²) in [5.41, 5.74) is 0.0732. The number of ether oxygens (including phenoxy) is 1. The van der Waals surface area contributed by atoms with Crippen molar-refractivity contribution in [2.75, 3.05) is 26.2 Å². The minimum absolute atomic E-state index is 0.0304. The topological polar surface area (TPSA) is 32.7 Å². The second kappa shape index (κ2) is 4.52. The SMILES string of the molecule is CC1(C)CN(CC2CCC(C)(C)C2O)CCO1. The van der Waals surface area contributed by atoms with E-state index in [9.17, 15) is 5.11 Å². The lowest BCUT2D eigenvalue weighted by Crippen LogP contribution is -2.50. The predicted molar refractivity (Wildman–Crippen MR) is 69.0 cm³/mol. The van der Waals surface area contributed by atoms with Gasteiger partial charge < -0.3 is 9.84 Å². The summed E-state index contributed by atoms with van der Waals surface area (Å²) in [6, 6.07) is 0. The van der Waals surface area contributed by atoms with Gasteiger partial charge in [-0.05, 0) is 38.0 Å². The van der Waals surface area contributed by atoms with Gasteiger partial charge >= 0.3 is 0 Å². The standard InChI is InChI=1S/C14H27NO2/c1-13(2)6-5-11(12(13)16)9-15-7-8-17-14(3,4)10-15/h11-12,16H,5-10H2,1-4H3. The third kappa shape index (κ3) is 3.01. The minimum Gasteiger partial charge on any atom is -0.392 e. The molecule has 0 radical (unpaired) electrons. The summed E-state index contributed by atoms with van der Waals surface area (Å²) in [5.74, 6) is 0.443. The summed E-state index contributed by atoms with van der Waals surface area (Å²) in [5, 5.41) is 10.3. The highest BCUT2D eigenvalue weighted by atomic mass is 16.5. The average Bonchev–Trinajstić information content (AvgIpc) is 2.44. The summed E-state index contributed by atoms with van der Waals surface area (Å²) in [6.45, 7) is 12.5. The van der Waals surface area contributed by atoms with Gasteiger partial charge in [0.15, 0.2) is 0 Å². The van der Waals surface area contributed by atoms with Gasteiger partial charge in [0.05, 0.1) is 18.3 Å². The van der Waals surface area contributed by atoms with Gasteiger partial charge in [0.1, 0.15) is 0 Å². The zero-order chi connectivity index (χ0) is 12.7. The van der Waals surface area contributed by atoms with E-state index in [-0.39, 0.29) is 17.1 Å². The molecule has 1 heterocycles. The van der Waals surface area contributed by atoms with Crippen LogP contribution in [0.25, 0.3) is 0 Å². The van der Waals surface area contributed by atoms with Crippen LogP contribution in [0.2, 0.25) is 0 Å². The van der Waals surface area contributed by atoms with Crippen molar-refractivity contribution in [1.29, 1.82) is 0 Å². The van der Waals surface area contributed by atoms with E-state index in [1.54, 1.807) is 0 Å². The maximum Gasteiger partial charge on any atom is 0.0753 e. The maximum atomic E-state index is 10.3. The number of morpholine rings is 1. The maximum absolute atomic E-state index is 10.3. The van der Waals surface area contributed by atoms with Crippen molar-refractivity contribution in [2.24, 2.45) is 11.3 Å². The van der Waals surface area contributed by atoms with Gasteiger partial charge in [0, 0.05) is 19.6 Å². The molecule has 2 fully saturated rings. The van der Waals surface area contributed by atoms with Crippen LogP contribution < -0.4 is 0 Å². The first kappa shape index (κ1) is 13.3. The van der Waals surface area contributed by atoms with Crippen LogP contribution in [0.3, 0.4) is 0 Å². The minimum atomic E-state index is -0.145. The van der Waals surface area contributed by atoms with Crippen molar-refractivity contribution in [1.82, 2.24) is 4.90 Å². The fourth-order valence-electron chi connectivity index (χ4n) is 3.29. The molecule has 0 aromatic heterocycles. The Bertz CT molecular complexity index is 275. The van der Waals surface area contributed by atoms with Crippen molar-refractivity contribution in [3.05, 3.63) is 0 Å². The lowest BCUT2D eigenvalue weighted by atomic mass is 9.87. The van der Waals surface area contributed by atoms with Gasteiger partial charge in [-0.3, -0.25) is 4.90 Å². The number of hydrogen-bond donors (Lipinski definition) is 1. The molecule has 0 amide bonds. The smallest absolute Gasteiger partial charge is 0.0753 e. The molecule has 1 aliphatic carbocycles. The van der Waals surface area contributed by atoms with Crippen LogP contribution in [-0.2, 0) is 4.74 Å². The van der Waals surface area contributed by atoms with Crippen molar-refractivity contribution in [3.8, 4) is 0 Å². The van der Waals surface area contributed by atoms with Gasteiger partial charge in [-0.1, -0.05) is 13.8 Å². The van der Waals surface area contributed by atoms with Crippen LogP contribution in [0, 0.1) is 11.3 Å². The van der Waals surface area contributed by atoms with E-state index in [0.29, 0.717) is 5.92 Å². The van der Waals surface area contributed by atoms with E-state index in [4.69, 9.17) is 4.74 Å². The zero-order valence-electron chi connectivity index (χ0n) is 11.7. The van der Waals surface area contributed by atoms with E-state index in [0.717, 1.165) is 39.1 Å². The summed E-state index contributed by atoms with van der Waals surface area (Å²) >= 11 is 0. The molecule has 2 unspecified atom stereocenters. The van der Waals surface area contributed by atoms with Gasteiger partial charge in [-0.25, -0.2) is 0 Å². The molecule has 1 N–H and O–H groups in total. The molecule has 17 heavy (non-hydrogen) atoms. The summed E-state index contributed by atoms with van der Waals surface area (Å²) in [7, 11) is 0.